The highest BCUT2D eigenvalue weighted by atomic mass is 35.5. The Morgan fingerprint density at radius 1 is 0.921 bits per heavy atom. The third kappa shape index (κ3) is 8.59. The first kappa shape index (κ1) is 43.4. The highest BCUT2D eigenvalue weighted by Gasteiger charge is 2.35. The van der Waals surface area contributed by atoms with Crippen molar-refractivity contribution in [2.45, 2.75) is 71.6 Å². The van der Waals surface area contributed by atoms with Gasteiger partial charge in [-0.25, -0.2) is 4.79 Å². The van der Waals surface area contributed by atoms with Gasteiger partial charge in [0.2, 0.25) is 5.91 Å². The number of likely N-dealkylation sites (tertiary alicyclic amines) is 1. The summed E-state index contributed by atoms with van der Waals surface area (Å²) in [4.78, 5) is 42.4. The second-order valence-electron chi connectivity index (χ2n) is 17.4. The Bertz CT molecular complexity index is 2710. The average molecular weight is 908 g/mol. The SMILES string of the molecule is Cc1sc2c(c1C)C(c1ccc(Cl)cc1)=N[C@@H](CC(=O)N1CCC(N3CCN(CCOC(C)(C)c4ccc(-c5cc6c(C(=O)O)c[nH]c6cc5Cl)cc4)CC3)CC1)c1nnc(C)n1-2. The molecule has 63 heavy (non-hydrogen) atoms. The molecule has 3 aromatic carbocycles. The maximum absolute atomic E-state index is 14.1. The number of carbonyl (C=O) groups is 2. The van der Waals surface area contributed by atoms with E-state index in [-0.39, 0.29) is 17.9 Å². The van der Waals surface area contributed by atoms with Gasteiger partial charge in [-0.2, -0.15) is 0 Å². The van der Waals surface area contributed by atoms with Gasteiger partial charge in [-0.1, -0.05) is 59.6 Å². The molecule has 6 aromatic rings. The maximum atomic E-state index is 14.1. The quantitative estimate of drug-likeness (QED) is 0.132. The number of benzene rings is 3. The van der Waals surface area contributed by atoms with Crippen molar-refractivity contribution in [3.63, 3.8) is 0 Å². The predicted molar refractivity (Wildman–Crippen MR) is 250 cm³/mol. The van der Waals surface area contributed by atoms with Crippen molar-refractivity contribution in [2.24, 2.45) is 4.99 Å². The maximum Gasteiger partial charge on any atom is 0.337 e. The van der Waals surface area contributed by atoms with Crippen molar-refractivity contribution < 1.29 is 19.4 Å². The predicted octanol–water partition coefficient (Wildman–Crippen LogP) is 9.25. The number of fused-ring (bicyclic) bond motifs is 4. The molecular formula is C48H52Cl2N8O4S. The molecule has 2 saturated heterocycles. The number of aromatic amines is 1. The van der Waals surface area contributed by atoms with Gasteiger partial charge in [-0.15, -0.1) is 21.5 Å². The second kappa shape index (κ2) is 17.6. The number of ether oxygens (including phenoxy) is 1. The molecule has 9 rings (SSSR count). The van der Waals surface area contributed by atoms with Crippen molar-refractivity contribution in [3.8, 4) is 16.1 Å². The van der Waals surface area contributed by atoms with Gasteiger partial charge in [0, 0.05) is 95.5 Å². The van der Waals surface area contributed by atoms with Crippen molar-refractivity contribution in [1.29, 1.82) is 0 Å². The molecule has 2 N–H and O–H groups in total. The number of rotatable bonds is 11. The van der Waals surface area contributed by atoms with Gasteiger partial charge < -0.3 is 19.7 Å². The molecule has 15 heteroatoms. The molecule has 6 heterocycles. The number of carboxylic acid groups (broad SMARTS) is 1. The molecule has 1 amide bonds. The van der Waals surface area contributed by atoms with Crippen molar-refractivity contribution in [1.82, 2.24) is 34.4 Å². The first-order valence-corrected chi connectivity index (χ1v) is 23.2. The van der Waals surface area contributed by atoms with Crippen LogP contribution in [-0.2, 0) is 15.1 Å². The summed E-state index contributed by atoms with van der Waals surface area (Å²) in [5, 5.41) is 21.6. The standard InChI is InChI=1S/C48H52Cl2N8O4S/c1-28-29(2)63-46-43(28)44(32-8-12-34(49)13-9-32)52-41(45-54-53-30(3)58(45)46)26-42(59)57-16-14-35(15-17-57)56-20-18-55(19-21-56)22-23-62-48(4,5)33-10-6-31(7-11-33)36-24-37-38(47(60)61)27-51-40(37)25-39(36)50/h6-13,24-25,27,35,41,51H,14-23,26H2,1-5H3,(H,60,61)/t41-/m0/s1. The number of halogens is 2. The van der Waals surface area contributed by atoms with E-state index in [4.69, 9.17) is 32.9 Å². The molecule has 0 unspecified atom stereocenters. The largest absolute Gasteiger partial charge is 0.478 e. The van der Waals surface area contributed by atoms with E-state index >= 15 is 0 Å². The molecule has 0 aliphatic carbocycles. The minimum absolute atomic E-state index is 0.0988. The summed E-state index contributed by atoms with van der Waals surface area (Å²) in [5.41, 5.74) is 7.21. The fourth-order valence-corrected chi connectivity index (χ4v) is 11.0. The summed E-state index contributed by atoms with van der Waals surface area (Å²) in [6, 6.07) is 19.5. The van der Waals surface area contributed by atoms with Crippen molar-refractivity contribution in [2.75, 3.05) is 52.4 Å². The molecule has 3 aliphatic heterocycles. The number of piperazine rings is 1. The first-order chi connectivity index (χ1) is 30.3. The Balaban J connectivity index is 0.767. The third-order valence-corrected chi connectivity index (χ3v) is 15.0. The summed E-state index contributed by atoms with van der Waals surface area (Å²) < 4.78 is 8.59. The summed E-state index contributed by atoms with van der Waals surface area (Å²) in [5.74, 6) is 0.607. The fourth-order valence-electron chi connectivity index (χ4n) is 9.37. The number of H-pyrrole nitrogens is 1. The van der Waals surface area contributed by atoms with Crippen LogP contribution in [0.2, 0.25) is 10.0 Å². The van der Waals surface area contributed by atoms with E-state index in [1.54, 1.807) is 17.4 Å². The molecule has 12 nitrogen and oxygen atoms in total. The van der Waals surface area contributed by atoms with E-state index in [1.807, 2.05) is 54.3 Å². The second-order valence-corrected chi connectivity index (χ2v) is 19.5. The van der Waals surface area contributed by atoms with Crippen molar-refractivity contribution >= 4 is 63.0 Å². The van der Waals surface area contributed by atoms with Crippen LogP contribution in [0.15, 0.2) is 71.9 Å². The Labute approximate surface area is 381 Å². The number of aromatic nitrogens is 4. The van der Waals surface area contributed by atoms with E-state index in [9.17, 15) is 14.7 Å². The van der Waals surface area contributed by atoms with Crippen LogP contribution in [0.25, 0.3) is 27.0 Å². The first-order valence-electron chi connectivity index (χ1n) is 21.6. The number of hydrogen-bond donors (Lipinski definition) is 2. The minimum atomic E-state index is -0.981. The lowest BCUT2D eigenvalue weighted by Crippen LogP contribution is -2.54. The highest BCUT2D eigenvalue weighted by molar-refractivity contribution is 7.15. The van der Waals surface area contributed by atoms with Crippen LogP contribution < -0.4 is 0 Å². The van der Waals surface area contributed by atoms with Gasteiger partial charge in [0.15, 0.2) is 5.82 Å². The van der Waals surface area contributed by atoms with E-state index in [1.165, 1.54) is 16.6 Å². The number of aromatic carboxylic acids is 1. The lowest BCUT2D eigenvalue weighted by atomic mass is 9.94. The number of aryl methyl sites for hydroxylation is 2. The van der Waals surface area contributed by atoms with Gasteiger partial charge in [0.25, 0.3) is 0 Å². The molecule has 0 spiro atoms. The Hall–Kier alpha value is -4.89. The molecule has 0 radical (unpaired) electrons. The summed E-state index contributed by atoms with van der Waals surface area (Å²) in [7, 11) is 0. The zero-order chi connectivity index (χ0) is 44.2. The molecule has 0 saturated carbocycles. The average Bonchev–Trinajstić information content (AvgIpc) is 3.93. The summed E-state index contributed by atoms with van der Waals surface area (Å²) in [6.07, 6.45) is 3.63. The molecule has 1 atom stereocenters. The van der Waals surface area contributed by atoms with E-state index in [0.29, 0.717) is 39.4 Å². The molecule has 3 aromatic heterocycles. The van der Waals surface area contributed by atoms with Crippen LogP contribution in [-0.4, -0.2) is 116 Å². The topological polar surface area (TPSA) is 132 Å². The normalized spacial score (nSPS) is 17.7. The van der Waals surface area contributed by atoms with E-state index in [0.717, 1.165) is 103 Å². The third-order valence-electron chi connectivity index (χ3n) is 13.2. The number of aliphatic imine (C=N–C) groups is 1. The van der Waals surface area contributed by atoms with Crippen LogP contribution >= 0.6 is 34.5 Å². The fraction of sp³-hybridized carbons (Fsp3) is 0.396. The zero-order valence-electron chi connectivity index (χ0n) is 36.3. The van der Waals surface area contributed by atoms with Gasteiger partial charge >= 0.3 is 5.97 Å². The number of thiophene rings is 1. The van der Waals surface area contributed by atoms with Gasteiger partial charge in [0.05, 0.1) is 34.9 Å². The van der Waals surface area contributed by atoms with Gasteiger partial charge in [0.1, 0.15) is 16.9 Å². The molecule has 0 bridgehead atoms. The van der Waals surface area contributed by atoms with Crippen LogP contribution in [0.3, 0.4) is 0 Å². The lowest BCUT2D eigenvalue weighted by Gasteiger charge is -2.43. The molecular weight excluding hydrogens is 856 g/mol. The molecule has 2 fully saturated rings. The van der Waals surface area contributed by atoms with Gasteiger partial charge in [-0.3, -0.25) is 24.2 Å². The smallest absolute Gasteiger partial charge is 0.337 e. The number of nitrogens with one attached hydrogen (secondary N) is 1. The number of carbonyl (C=O) groups excluding carboxylic acids is 1. The monoisotopic (exact) mass is 906 g/mol. The van der Waals surface area contributed by atoms with Crippen LogP contribution in [0.5, 0.6) is 0 Å². The number of amides is 1. The number of piperidine rings is 1. The van der Waals surface area contributed by atoms with Crippen LogP contribution in [0.4, 0.5) is 0 Å². The van der Waals surface area contributed by atoms with E-state index < -0.39 is 17.6 Å². The minimum Gasteiger partial charge on any atom is -0.478 e. The molecule has 328 valence electrons. The number of carboxylic acids is 1. The Morgan fingerprint density at radius 2 is 1.62 bits per heavy atom. The number of nitrogens with zero attached hydrogens (tertiary/aromatic N) is 7. The zero-order valence-corrected chi connectivity index (χ0v) is 38.6. The van der Waals surface area contributed by atoms with Gasteiger partial charge in [-0.05, 0) is 88.4 Å². The highest BCUT2D eigenvalue weighted by Crippen LogP contribution is 2.40. The summed E-state index contributed by atoms with van der Waals surface area (Å²) in [6.45, 7) is 17.3. The number of hydrogen-bond acceptors (Lipinski definition) is 9. The van der Waals surface area contributed by atoms with Crippen molar-refractivity contribution in [3.05, 3.63) is 121 Å². The lowest BCUT2D eigenvalue weighted by molar-refractivity contribution is -0.133. The summed E-state index contributed by atoms with van der Waals surface area (Å²) >= 11 is 14.6. The Kier molecular flexibility index (Phi) is 12.1. The van der Waals surface area contributed by atoms with Crippen LogP contribution in [0, 0.1) is 20.8 Å². The van der Waals surface area contributed by atoms with Crippen LogP contribution in [0.1, 0.15) is 88.3 Å². The van der Waals surface area contributed by atoms with E-state index in [2.05, 4.69) is 69.4 Å². The molecule has 3 aliphatic rings. The Morgan fingerprint density at radius 3 is 2.32 bits per heavy atom.